The van der Waals surface area contributed by atoms with Crippen LogP contribution in [0.4, 0.5) is 0 Å². The molecule has 0 aromatic heterocycles. The fourth-order valence-electron chi connectivity index (χ4n) is 3.60. The monoisotopic (exact) mass is 362 g/mol. The summed E-state index contributed by atoms with van der Waals surface area (Å²) in [6.45, 7) is 3.68. The van der Waals surface area contributed by atoms with E-state index in [0.29, 0.717) is 29.7 Å². The van der Waals surface area contributed by atoms with Gasteiger partial charge < -0.3 is 35.4 Å². The summed E-state index contributed by atoms with van der Waals surface area (Å²) in [5.41, 5.74) is 1.19. The predicted octanol–water partition coefficient (Wildman–Crippen LogP) is 2.77. The van der Waals surface area contributed by atoms with Crippen molar-refractivity contribution in [1.29, 1.82) is 0 Å². The number of benzene rings is 2. The lowest BCUT2D eigenvalue weighted by atomic mass is 9.81. The molecular weight excluding hydrogens is 340 g/mol. The molecule has 140 valence electrons. The number of rotatable bonds is 3. The Hall–Kier alpha value is -2.80. The number of aliphatic hydroxyl groups excluding tert-OH is 1. The Morgan fingerprint density at radius 1 is 0.885 bits per heavy atom. The Morgan fingerprint density at radius 3 is 2.04 bits per heavy atom. The van der Waals surface area contributed by atoms with Gasteiger partial charge in [0.05, 0.1) is 0 Å². The van der Waals surface area contributed by atoms with E-state index in [9.17, 15) is 30.6 Å². The van der Waals surface area contributed by atoms with E-state index in [4.69, 9.17) is 4.74 Å². The molecule has 1 heterocycles. The SMILES string of the molecule is CCc1c(O)cc(O)c2c1O[C@H](c1cc(O)c(O)c(O)c1)[C@H](O)[C@H]2CC. The van der Waals surface area contributed by atoms with Crippen molar-refractivity contribution < 1.29 is 35.4 Å². The lowest BCUT2D eigenvalue weighted by Crippen LogP contribution is -2.34. The zero-order chi connectivity index (χ0) is 19.2. The number of phenolic OH excluding ortho intramolecular Hbond substituents is 5. The van der Waals surface area contributed by atoms with Crippen molar-refractivity contribution in [3.63, 3.8) is 0 Å². The molecule has 3 atom stereocenters. The van der Waals surface area contributed by atoms with Crippen LogP contribution in [0.2, 0.25) is 0 Å². The fraction of sp³-hybridized carbons (Fsp3) is 0.368. The second-order valence-electron chi connectivity index (χ2n) is 6.44. The highest BCUT2D eigenvalue weighted by atomic mass is 16.5. The van der Waals surface area contributed by atoms with Crippen molar-refractivity contribution in [2.45, 2.75) is 44.8 Å². The molecule has 6 N–H and O–H groups in total. The van der Waals surface area contributed by atoms with Crippen molar-refractivity contribution in [3.8, 4) is 34.5 Å². The summed E-state index contributed by atoms with van der Waals surface area (Å²) in [6.07, 6.45) is -1.10. The molecule has 0 saturated carbocycles. The fourth-order valence-corrected chi connectivity index (χ4v) is 3.60. The molecule has 3 rings (SSSR count). The van der Waals surface area contributed by atoms with E-state index in [1.54, 1.807) is 0 Å². The van der Waals surface area contributed by atoms with Gasteiger partial charge in [0.1, 0.15) is 23.4 Å². The van der Waals surface area contributed by atoms with Crippen molar-refractivity contribution >= 4 is 0 Å². The first-order chi connectivity index (χ1) is 12.3. The summed E-state index contributed by atoms with van der Waals surface area (Å²) in [6, 6.07) is 3.65. The average molecular weight is 362 g/mol. The molecule has 0 fully saturated rings. The van der Waals surface area contributed by atoms with Crippen LogP contribution in [0.15, 0.2) is 18.2 Å². The molecule has 0 bridgehead atoms. The molecule has 0 radical (unpaired) electrons. The van der Waals surface area contributed by atoms with Crippen LogP contribution in [0.3, 0.4) is 0 Å². The van der Waals surface area contributed by atoms with Crippen molar-refractivity contribution in [1.82, 2.24) is 0 Å². The number of aromatic hydroxyl groups is 5. The van der Waals surface area contributed by atoms with Gasteiger partial charge in [-0.2, -0.15) is 0 Å². The number of hydrogen-bond acceptors (Lipinski definition) is 7. The van der Waals surface area contributed by atoms with Gasteiger partial charge in [0.25, 0.3) is 0 Å². The molecule has 1 aliphatic rings. The summed E-state index contributed by atoms with van der Waals surface area (Å²) < 4.78 is 5.92. The standard InChI is InChI=1S/C19H22O7/c1-3-9-11(20)7-12(21)15-10(4-2)16(24)18(26-19(9)15)8-5-13(22)17(25)14(23)6-8/h5-7,10,16,18,20-25H,3-4H2,1-2H3/t10-,16+,18+/m0/s1. The van der Waals surface area contributed by atoms with Crippen molar-refractivity contribution in [2.24, 2.45) is 0 Å². The molecule has 0 spiro atoms. The molecule has 0 unspecified atom stereocenters. The van der Waals surface area contributed by atoms with Gasteiger partial charge in [0.15, 0.2) is 23.4 Å². The van der Waals surface area contributed by atoms with Crippen molar-refractivity contribution in [3.05, 3.63) is 34.9 Å². The Morgan fingerprint density at radius 2 is 1.50 bits per heavy atom. The van der Waals surface area contributed by atoms with Crippen LogP contribution in [0.25, 0.3) is 0 Å². The normalized spacial score (nSPS) is 21.9. The lowest BCUT2D eigenvalue weighted by molar-refractivity contribution is -0.00314. The van der Waals surface area contributed by atoms with Crippen LogP contribution in [-0.2, 0) is 6.42 Å². The highest BCUT2D eigenvalue weighted by Crippen LogP contribution is 2.52. The van der Waals surface area contributed by atoms with E-state index < -0.39 is 35.4 Å². The smallest absolute Gasteiger partial charge is 0.200 e. The van der Waals surface area contributed by atoms with Gasteiger partial charge in [-0.1, -0.05) is 13.8 Å². The quantitative estimate of drug-likeness (QED) is 0.463. The molecule has 7 nitrogen and oxygen atoms in total. The number of hydrogen-bond donors (Lipinski definition) is 6. The van der Waals surface area contributed by atoms with Crippen LogP contribution in [0, 0.1) is 0 Å². The van der Waals surface area contributed by atoms with Gasteiger partial charge in [-0.3, -0.25) is 0 Å². The maximum absolute atomic E-state index is 10.8. The van der Waals surface area contributed by atoms with E-state index in [1.165, 1.54) is 18.2 Å². The Bertz CT molecular complexity index is 823. The summed E-state index contributed by atoms with van der Waals surface area (Å²) in [5, 5.41) is 60.3. The van der Waals surface area contributed by atoms with Gasteiger partial charge in [-0.05, 0) is 25.0 Å². The highest BCUT2D eigenvalue weighted by Gasteiger charge is 2.41. The molecular formula is C19H22O7. The minimum Gasteiger partial charge on any atom is -0.507 e. The Balaban J connectivity index is 2.19. The van der Waals surface area contributed by atoms with Gasteiger partial charge in [-0.25, -0.2) is 0 Å². The molecule has 0 saturated heterocycles. The van der Waals surface area contributed by atoms with Gasteiger partial charge in [-0.15, -0.1) is 0 Å². The van der Waals surface area contributed by atoms with E-state index in [0.717, 1.165) is 0 Å². The first-order valence-electron chi connectivity index (χ1n) is 8.47. The zero-order valence-corrected chi connectivity index (χ0v) is 14.5. The molecule has 0 aliphatic carbocycles. The van der Waals surface area contributed by atoms with Crippen molar-refractivity contribution in [2.75, 3.05) is 0 Å². The predicted molar refractivity (Wildman–Crippen MR) is 93.0 cm³/mol. The minimum atomic E-state index is -1.07. The molecule has 0 amide bonds. The largest absolute Gasteiger partial charge is 0.507 e. The number of fused-ring (bicyclic) bond motifs is 1. The van der Waals surface area contributed by atoms with E-state index in [-0.39, 0.29) is 17.1 Å². The third kappa shape index (κ3) is 2.64. The summed E-state index contributed by atoms with van der Waals surface area (Å²) in [7, 11) is 0. The van der Waals surface area contributed by atoms with Gasteiger partial charge >= 0.3 is 0 Å². The maximum atomic E-state index is 10.8. The summed E-state index contributed by atoms with van der Waals surface area (Å²) in [4.78, 5) is 0. The third-order valence-corrected chi connectivity index (χ3v) is 4.93. The van der Waals surface area contributed by atoms with E-state index in [1.807, 2.05) is 13.8 Å². The van der Waals surface area contributed by atoms with Crippen LogP contribution >= 0.6 is 0 Å². The van der Waals surface area contributed by atoms with Gasteiger partial charge in [0.2, 0.25) is 0 Å². The van der Waals surface area contributed by atoms with Crippen LogP contribution in [-0.4, -0.2) is 36.7 Å². The summed E-state index contributed by atoms with van der Waals surface area (Å²) >= 11 is 0. The minimum absolute atomic E-state index is 0.106. The second kappa shape index (κ2) is 6.49. The number of ether oxygens (including phenoxy) is 1. The Labute approximate surface area is 150 Å². The Kier molecular flexibility index (Phi) is 4.50. The second-order valence-corrected chi connectivity index (χ2v) is 6.44. The summed E-state index contributed by atoms with van der Waals surface area (Å²) in [5.74, 6) is -2.18. The lowest BCUT2D eigenvalue weighted by Gasteiger charge is -2.38. The molecule has 7 heteroatoms. The molecule has 2 aromatic rings. The van der Waals surface area contributed by atoms with Crippen LogP contribution in [0.5, 0.6) is 34.5 Å². The number of aliphatic hydroxyl groups is 1. The third-order valence-electron chi connectivity index (χ3n) is 4.93. The van der Waals surface area contributed by atoms with Crippen LogP contribution < -0.4 is 4.74 Å². The molecule has 26 heavy (non-hydrogen) atoms. The number of phenols is 5. The zero-order valence-electron chi connectivity index (χ0n) is 14.5. The van der Waals surface area contributed by atoms with Gasteiger partial charge in [0, 0.05) is 28.7 Å². The topological polar surface area (TPSA) is 131 Å². The average Bonchev–Trinajstić information content (AvgIpc) is 2.59. The van der Waals surface area contributed by atoms with Crippen LogP contribution in [0.1, 0.15) is 49.0 Å². The van der Waals surface area contributed by atoms with E-state index in [2.05, 4.69) is 0 Å². The first-order valence-corrected chi connectivity index (χ1v) is 8.47. The van der Waals surface area contributed by atoms with E-state index >= 15 is 0 Å². The highest BCUT2D eigenvalue weighted by molar-refractivity contribution is 5.60. The first kappa shape index (κ1) is 18.0. The maximum Gasteiger partial charge on any atom is 0.200 e. The molecule has 1 aliphatic heterocycles. The molecule has 2 aromatic carbocycles.